The summed E-state index contributed by atoms with van der Waals surface area (Å²) in [5.74, 6) is 1.02. The van der Waals surface area contributed by atoms with Gasteiger partial charge in [-0.15, -0.1) is 11.8 Å². The second-order valence-electron chi connectivity index (χ2n) is 1.76. The maximum Gasteiger partial charge on any atom is 0.155 e. The van der Waals surface area contributed by atoms with Gasteiger partial charge in [0, 0.05) is 12.4 Å². The summed E-state index contributed by atoms with van der Waals surface area (Å²) in [6.45, 7) is 2.08. The van der Waals surface area contributed by atoms with Crippen molar-refractivity contribution in [2.75, 3.05) is 5.75 Å². The highest BCUT2D eigenvalue weighted by atomic mass is 35.5. The highest BCUT2D eigenvalue weighted by Gasteiger charge is 2.02. The van der Waals surface area contributed by atoms with E-state index in [0.717, 1.165) is 5.75 Å². The summed E-state index contributed by atoms with van der Waals surface area (Å²) in [7, 11) is 0. The van der Waals surface area contributed by atoms with Crippen LogP contribution in [0.2, 0.25) is 0 Å². The predicted octanol–water partition coefficient (Wildman–Crippen LogP) is 2.33. The number of hydrogen-bond donors (Lipinski definition) is 0. The lowest BCUT2D eigenvalue weighted by atomic mass is 10.9. The molecule has 1 heterocycles. The number of imidazole rings is 1. The molecule has 0 saturated heterocycles. The molecule has 0 spiro atoms. The highest BCUT2D eigenvalue weighted by Crippen LogP contribution is 2.25. The zero-order valence-corrected chi connectivity index (χ0v) is 7.27. The van der Waals surface area contributed by atoms with Gasteiger partial charge in [-0.1, -0.05) is 18.5 Å². The Kier molecular flexibility index (Phi) is 3.09. The number of aromatic nitrogens is 2. The molecule has 0 radical (unpaired) electrons. The molecule has 0 fully saturated rings. The number of thioether (sulfide) groups is 1. The summed E-state index contributed by atoms with van der Waals surface area (Å²) in [5.41, 5.74) is 0. The van der Waals surface area contributed by atoms with Gasteiger partial charge in [0.1, 0.15) is 0 Å². The van der Waals surface area contributed by atoms with Gasteiger partial charge < -0.3 is 4.57 Å². The molecule has 0 aromatic carbocycles. The van der Waals surface area contributed by atoms with E-state index in [1.807, 2.05) is 10.8 Å². The monoisotopic (exact) mass is 176 g/mol. The van der Waals surface area contributed by atoms with Crippen LogP contribution < -0.4 is 0 Å². The highest BCUT2D eigenvalue weighted by molar-refractivity contribution is 8.00. The third-order valence-corrected chi connectivity index (χ3v) is 2.52. The predicted molar refractivity (Wildman–Crippen MR) is 45.2 cm³/mol. The number of nitrogens with zero attached hydrogens (tertiary/aromatic N) is 2. The minimum atomic E-state index is -0.00694. The Hall–Kier alpha value is -0.150. The van der Waals surface area contributed by atoms with E-state index in [4.69, 9.17) is 11.6 Å². The molecule has 0 aliphatic heterocycles. The third kappa shape index (κ3) is 1.92. The summed E-state index contributed by atoms with van der Waals surface area (Å²) in [6.07, 6.45) is 5.31. The Labute approximate surface area is 69.6 Å². The van der Waals surface area contributed by atoms with Crippen LogP contribution in [0.25, 0.3) is 0 Å². The molecule has 2 nitrogen and oxygen atoms in total. The third-order valence-electron chi connectivity index (χ3n) is 1.06. The first kappa shape index (κ1) is 7.95. The van der Waals surface area contributed by atoms with Crippen molar-refractivity contribution < 1.29 is 0 Å². The van der Waals surface area contributed by atoms with Crippen LogP contribution in [-0.4, -0.2) is 15.3 Å². The van der Waals surface area contributed by atoms with Crippen LogP contribution in [0.5, 0.6) is 0 Å². The van der Waals surface area contributed by atoms with Crippen LogP contribution in [0.1, 0.15) is 11.8 Å². The summed E-state index contributed by atoms with van der Waals surface area (Å²) < 4.78 is 1.87. The van der Waals surface area contributed by atoms with Crippen LogP contribution in [0, 0.1) is 0 Å². The van der Waals surface area contributed by atoms with Crippen molar-refractivity contribution in [3.05, 3.63) is 18.7 Å². The van der Waals surface area contributed by atoms with Gasteiger partial charge in [-0.05, 0) is 5.75 Å². The van der Waals surface area contributed by atoms with Gasteiger partial charge >= 0.3 is 0 Å². The normalized spacial score (nSPS) is 13.4. The Morgan fingerprint density at radius 3 is 3.10 bits per heavy atom. The van der Waals surface area contributed by atoms with Crippen LogP contribution >= 0.6 is 23.4 Å². The Bertz CT molecular complexity index is 176. The van der Waals surface area contributed by atoms with Crippen molar-refractivity contribution in [1.29, 1.82) is 0 Å². The van der Waals surface area contributed by atoms with Crippen molar-refractivity contribution in [2.45, 2.75) is 11.8 Å². The van der Waals surface area contributed by atoms with Crippen molar-refractivity contribution in [3.8, 4) is 0 Å². The standard InChI is InChI=1S/C6H9ClN2S/c1-2-10-6(7)9-4-3-8-5-9/h3-6H,2H2,1H3. The molecule has 56 valence electrons. The number of hydrogen-bond acceptors (Lipinski definition) is 2. The lowest BCUT2D eigenvalue weighted by Gasteiger charge is -2.07. The molecular formula is C6H9ClN2S. The Morgan fingerprint density at radius 2 is 2.60 bits per heavy atom. The quantitative estimate of drug-likeness (QED) is 0.658. The van der Waals surface area contributed by atoms with Crippen molar-refractivity contribution in [3.63, 3.8) is 0 Å². The van der Waals surface area contributed by atoms with Crippen molar-refractivity contribution in [1.82, 2.24) is 9.55 Å². The van der Waals surface area contributed by atoms with Gasteiger partial charge in [0.15, 0.2) is 4.83 Å². The fourth-order valence-corrected chi connectivity index (χ4v) is 1.68. The van der Waals surface area contributed by atoms with Gasteiger partial charge in [0.2, 0.25) is 0 Å². The van der Waals surface area contributed by atoms with Gasteiger partial charge in [-0.25, -0.2) is 4.98 Å². The fraction of sp³-hybridized carbons (Fsp3) is 0.500. The van der Waals surface area contributed by atoms with E-state index in [2.05, 4.69) is 11.9 Å². The summed E-state index contributed by atoms with van der Waals surface area (Å²) in [6, 6.07) is 0. The van der Waals surface area contributed by atoms with Crippen molar-refractivity contribution in [2.24, 2.45) is 0 Å². The van der Waals surface area contributed by atoms with Gasteiger partial charge in [-0.3, -0.25) is 0 Å². The molecule has 4 heteroatoms. The van der Waals surface area contributed by atoms with Crippen LogP contribution in [0.4, 0.5) is 0 Å². The van der Waals surface area contributed by atoms with Gasteiger partial charge in [0.25, 0.3) is 0 Å². The Morgan fingerprint density at radius 1 is 1.80 bits per heavy atom. The molecule has 0 amide bonds. The summed E-state index contributed by atoms with van der Waals surface area (Å²) in [4.78, 5) is 3.88. The summed E-state index contributed by atoms with van der Waals surface area (Å²) >= 11 is 7.61. The molecule has 1 rings (SSSR count). The minimum absolute atomic E-state index is 0.00694. The largest absolute Gasteiger partial charge is 0.312 e. The maximum atomic E-state index is 5.93. The zero-order chi connectivity index (χ0) is 7.40. The molecule has 0 saturated carbocycles. The average molecular weight is 177 g/mol. The molecular weight excluding hydrogens is 168 g/mol. The number of alkyl halides is 1. The molecule has 1 atom stereocenters. The van der Waals surface area contributed by atoms with Crippen LogP contribution in [0.3, 0.4) is 0 Å². The van der Waals surface area contributed by atoms with E-state index >= 15 is 0 Å². The van der Waals surface area contributed by atoms with Crippen LogP contribution in [-0.2, 0) is 0 Å². The van der Waals surface area contributed by atoms with Gasteiger partial charge in [0.05, 0.1) is 6.33 Å². The smallest absolute Gasteiger partial charge is 0.155 e. The van der Waals surface area contributed by atoms with E-state index in [9.17, 15) is 0 Å². The molecule has 1 unspecified atom stereocenters. The summed E-state index contributed by atoms with van der Waals surface area (Å²) in [5, 5.41) is 0. The van der Waals surface area contributed by atoms with E-state index in [0.29, 0.717) is 0 Å². The zero-order valence-electron chi connectivity index (χ0n) is 5.70. The second-order valence-corrected chi connectivity index (χ2v) is 3.79. The van der Waals surface area contributed by atoms with Gasteiger partial charge in [-0.2, -0.15) is 0 Å². The molecule has 0 N–H and O–H groups in total. The lowest BCUT2D eigenvalue weighted by Crippen LogP contribution is -1.94. The first-order chi connectivity index (χ1) is 4.84. The molecule has 10 heavy (non-hydrogen) atoms. The lowest BCUT2D eigenvalue weighted by molar-refractivity contribution is 0.860. The molecule has 1 aromatic heterocycles. The number of halogens is 1. The first-order valence-corrected chi connectivity index (χ1v) is 4.56. The molecule has 0 aliphatic carbocycles. The van der Waals surface area contributed by atoms with E-state index in [1.54, 1.807) is 24.3 Å². The molecule has 0 bridgehead atoms. The topological polar surface area (TPSA) is 17.8 Å². The van der Waals surface area contributed by atoms with E-state index < -0.39 is 0 Å². The van der Waals surface area contributed by atoms with E-state index in [-0.39, 0.29) is 4.83 Å². The van der Waals surface area contributed by atoms with Crippen molar-refractivity contribution >= 4 is 23.4 Å². The average Bonchev–Trinajstić information content (AvgIpc) is 2.38. The van der Waals surface area contributed by atoms with Crippen LogP contribution in [0.15, 0.2) is 18.7 Å². The Balaban J connectivity index is 2.50. The molecule has 1 aromatic rings. The SMILES string of the molecule is CCSC(Cl)n1ccnc1. The maximum absolute atomic E-state index is 5.93. The van der Waals surface area contributed by atoms with E-state index in [1.165, 1.54) is 0 Å². The fourth-order valence-electron chi connectivity index (χ4n) is 0.613. The minimum Gasteiger partial charge on any atom is -0.312 e. The second kappa shape index (κ2) is 3.88. The first-order valence-electron chi connectivity index (χ1n) is 3.07. The molecule has 0 aliphatic rings. The number of rotatable bonds is 3.